The Morgan fingerprint density at radius 1 is 1.48 bits per heavy atom. The molecule has 1 aromatic rings. The molecule has 1 aliphatic rings. The maximum Gasteiger partial charge on any atom is 0.318 e. The number of carbonyl (C=O) groups is 1. The summed E-state index contributed by atoms with van der Waals surface area (Å²) >= 11 is 1.68. The minimum Gasteiger partial charge on any atom is -0.338 e. The standard InChI is InChI=1S/C17H26N2OS/c1-2-12-19(14-16-10-6-13-21-16)17(20)18-11-5-9-15-7-3-4-8-15/h2,6,10,13,15H,1,3-5,7-9,11-12,14H2,(H,18,20). The van der Waals surface area contributed by atoms with E-state index in [9.17, 15) is 4.79 Å². The molecule has 21 heavy (non-hydrogen) atoms. The third kappa shape index (κ3) is 5.54. The van der Waals surface area contributed by atoms with Gasteiger partial charge < -0.3 is 10.2 Å². The summed E-state index contributed by atoms with van der Waals surface area (Å²) in [5.41, 5.74) is 0. The molecule has 116 valence electrons. The van der Waals surface area contributed by atoms with Crippen molar-refractivity contribution in [3.8, 4) is 0 Å². The molecule has 2 rings (SSSR count). The number of amides is 2. The van der Waals surface area contributed by atoms with Gasteiger partial charge in [0.25, 0.3) is 0 Å². The van der Waals surface area contributed by atoms with Crippen LogP contribution in [0.1, 0.15) is 43.4 Å². The van der Waals surface area contributed by atoms with Crippen molar-refractivity contribution in [3.05, 3.63) is 35.0 Å². The van der Waals surface area contributed by atoms with Gasteiger partial charge >= 0.3 is 6.03 Å². The SMILES string of the molecule is C=CCN(Cc1cccs1)C(=O)NCCCC1CCCC1. The second-order valence-corrected chi connectivity index (χ2v) is 6.81. The second kappa shape index (κ2) is 8.88. The van der Waals surface area contributed by atoms with Crippen LogP contribution in [0.3, 0.4) is 0 Å². The number of hydrogen-bond donors (Lipinski definition) is 1. The lowest BCUT2D eigenvalue weighted by Crippen LogP contribution is -2.39. The predicted molar refractivity (Wildman–Crippen MR) is 89.5 cm³/mol. The van der Waals surface area contributed by atoms with Crippen LogP contribution in [0.25, 0.3) is 0 Å². The highest BCUT2D eigenvalue weighted by atomic mass is 32.1. The van der Waals surface area contributed by atoms with E-state index in [0.29, 0.717) is 13.1 Å². The summed E-state index contributed by atoms with van der Waals surface area (Å²) in [5, 5.41) is 5.09. The van der Waals surface area contributed by atoms with Gasteiger partial charge in [-0.2, -0.15) is 0 Å². The average Bonchev–Trinajstić information content (AvgIpc) is 3.16. The monoisotopic (exact) mass is 306 g/mol. The first kappa shape index (κ1) is 16.1. The fourth-order valence-electron chi connectivity index (χ4n) is 2.96. The minimum absolute atomic E-state index is 0.0229. The Kier molecular flexibility index (Phi) is 6.80. The summed E-state index contributed by atoms with van der Waals surface area (Å²) in [4.78, 5) is 15.2. The molecule has 4 heteroatoms. The second-order valence-electron chi connectivity index (χ2n) is 5.77. The molecule has 3 nitrogen and oxygen atoms in total. The van der Waals surface area contributed by atoms with E-state index in [1.807, 2.05) is 16.3 Å². The van der Waals surface area contributed by atoms with E-state index >= 15 is 0 Å². The van der Waals surface area contributed by atoms with Crippen LogP contribution < -0.4 is 5.32 Å². The van der Waals surface area contributed by atoms with E-state index < -0.39 is 0 Å². The van der Waals surface area contributed by atoms with Crippen molar-refractivity contribution in [2.45, 2.75) is 45.1 Å². The average molecular weight is 306 g/mol. The van der Waals surface area contributed by atoms with Crippen LogP contribution >= 0.6 is 11.3 Å². The van der Waals surface area contributed by atoms with Crippen molar-refractivity contribution in [2.24, 2.45) is 5.92 Å². The Morgan fingerprint density at radius 3 is 2.95 bits per heavy atom. The lowest BCUT2D eigenvalue weighted by molar-refractivity contribution is 0.201. The molecule has 0 saturated heterocycles. The molecule has 1 heterocycles. The van der Waals surface area contributed by atoms with Crippen LogP contribution in [-0.4, -0.2) is 24.0 Å². The van der Waals surface area contributed by atoms with Gasteiger partial charge in [-0.15, -0.1) is 17.9 Å². The van der Waals surface area contributed by atoms with E-state index in [1.165, 1.54) is 37.0 Å². The van der Waals surface area contributed by atoms with E-state index in [2.05, 4.69) is 18.0 Å². The molecule has 1 fully saturated rings. The highest BCUT2D eigenvalue weighted by Gasteiger charge is 2.15. The molecule has 0 radical (unpaired) electrons. The van der Waals surface area contributed by atoms with Crippen LogP contribution in [-0.2, 0) is 6.54 Å². The first-order valence-electron chi connectivity index (χ1n) is 7.95. The minimum atomic E-state index is 0.0229. The van der Waals surface area contributed by atoms with Crippen molar-refractivity contribution in [3.63, 3.8) is 0 Å². The summed E-state index contributed by atoms with van der Waals surface area (Å²) < 4.78 is 0. The quantitative estimate of drug-likeness (QED) is 0.560. The summed E-state index contributed by atoms with van der Waals surface area (Å²) in [6.45, 7) is 5.78. The van der Waals surface area contributed by atoms with Crippen molar-refractivity contribution in [1.82, 2.24) is 10.2 Å². The maximum atomic E-state index is 12.2. The highest BCUT2D eigenvalue weighted by molar-refractivity contribution is 7.09. The third-order valence-corrected chi connectivity index (χ3v) is 4.96. The van der Waals surface area contributed by atoms with Crippen LogP contribution in [0.15, 0.2) is 30.2 Å². The van der Waals surface area contributed by atoms with E-state index in [4.69, 9.17) is 0 Å². The predicted octanol–water partition coefficient (Wildman–Crippen LogP) is 4.42. The van der Waals surface area contributed by atoms with Gasteiger partial charge in [0.05, 0.1) is 6.54 Å². The number of nitrogens with zero attached hydrogens (tertiary/aromatic N) is 1. The van der Waals surface area contributed by atoms with Crippen molar-refractivity contribution in [1.29, 1.82) is 0 Å². The topological polar surface area (TPSA) is 32.3 Å². The van der Waals surface area contributed by atoms with Crippen LogP contribution in [0, 0.1) is 5.92 Å². The molecular weight excluding hydrogens is 280 g/mol. The normalized spacial score (nSPS) is 15.0. The zero-order valence-corrected chi connectivity index (χ0v) is 13.5. The number of nitrogens with one attached hydrogen (secondary N) is 1. The van der Waals surface area contributed by atoms with Gasteiger partial charge in [0.2, 0.25) is 0 Å². The van der Waals surface area contributed by atoms with E-state index in [-0.39, 0.29) is 6.03 Å². The van der Waals surface area contributed by atoms with Crippen LogP contribution in [0.5, 0.6) is 0 Å². The van der Waals surface area contributed by atoms with E-state index in [0.717, 1.165) is 18.9 Å². The lowest BCUT2D eigenvalue weighted by atomic mass is 10.0. The van der Waals surface area contributed by atoms with Gasteiger partial charge in [-0.1, -0.05) is 37.8 Å². The number of hydrogen-bond acceptors (Lipinski definition) is 2. The first-order chi connectivity index (χ1) is 10.3. The zero-order valence-electron chi connectivity index (χ0n) is 12.7. The van der Waals surface area contributed by atoms with Gasteiger partial charge in [-0.3, -0.25) is 0 Å². The smallest absolute Gasteiger partial charge is 0.318 e. The zero-order chi connectivity index (χ0) is 14.9. The number of carbonyl (C=O) groups excluding carboxylic acids is 1. The molecule has 0 bridgehead atoms. The lowest BCUT2D eigenvalue weighted by Gasteiger charge is -2.21. The van der Waals surface area contributed by atoms with Crippen molar-refractivity contribution in [2.75, 3.05) is 13.1 Å². The largest absolute Gasteiger partial charge is 0.338 e. The molecule has 0 spiro atoms. The number of urea groups is 1. The molecule has 0 aliphatic heterocycles. The molecule has 0 aromatic carbocycles. The molecule has 1 saturated carbocycles. The molecule has 2 amide bonds. The summed E-state index contributed by atoms with van der Waals surface area (Å²) in [5.74, 6) is 0.900. The fraction of sp³-hybridized carbons (Fsp3) is 0.588. The first-order valence-corrected chi connectivity index (χ1v) is 8.83. The summed E-state index contributed by atoms with van der Waals surface area (Å²) in [7, 11) is 0. The van der Waals surface area contributed by atoms with Gasteiger partial charge in [-0.05, 0) is 30.2 Å². The molecular formula is C17H26N2OS. The highest BCUT2D eigenvalue weighted by Crippen LogP contribution is 2.28. The van der Waals surface area contributed by atoms with Crippen LogP contribution in [0.2, 0.25) is 0 Å². The van der Waals surface area contributed by atoms with E-state index in [1.54, 1.807) is 17.4 Å². The summed E-state index contributed by atoms with van der Waals surface area (Å²) in [6, 6.07) is 4.11. The van der Waals surface area contributed by atoms with Crippen molar-refractivity contribution >= 4 is 17.4 Å². The van der Waals surface area contributed by atoms with Crippen molar-refractivity contribution < 1.29 is 4.79 Å². The third-order valence-electron chi connectivity index (χ3n) is 4.10. The molecule has 1 aromatic heterocycles. The fourth-order valence-corrected chi connectivity index (χ4v) is 3.68. The van der Waals surface area contributed by atoms with Gasteiger partial charge in [0.15, 0.2) is 0 Å². The molecule has 1 N–H and O–H groups in total. The Balaban J connectivity index is 1.69. The number of thiophene rings is 1. The molecule has 1 aliphatic carbocycles. The maximum absolute atomic E-state index is 12.2. The summed E-state index contributed by atoms with van der Waals surface area (Å²) in [6.07, 6.45) is 9.69. The van der Waals surface area contributed by atoms with Crippen LogP contribution in [0.4, 0.5) is 4.79 Å². The Labute approximate surface area is 132 Å². The molecule has 0 atom stereocenters. The Morgan fingerprint density at radius 2 is 2.29 bits per heavy atom. The Bertz CT molecular complexity index is 424. The molecule has 0 unspecified atom stereocenters. The number of rotatable bonds is 8. The van der Waals surface area contributed by atoms with Gasteiger partial charge in [-0.25, -0.2) is 4.79 Å². The van der Waals surface area contributed by atoms with Gasteiger partial charge in [0, 0.05) is 18.0 Å². The van der Waals surface area contributed by atoms with Gasteiger partial charge in [0.1, 0.15) is 0 Å². The Hall–Kier alpha value is -1.29.